The van der Waals surface area contributed by atoms with E-state index in [0.29, 0.717) is 12.1 Å². The summed E-state index contributed by atoms with van der Waals surface area (Å²) in [4.78, 5) is 0. The van der Waals surface area contributed by atoms with Gasteiger partial charge in [0.2, 0.25) is 0 Å². The Balaban J connectivity index is 2.67. The lowest BCUT2D eigenvalue weighted by Crippen LogP contribution is -2.29. The molecule has 0 saturated heterocycles. The zero-order chi connectivity index (χ0) is 14.5. The van der Waals surface area contributed by atoms with Crippen LogP contribution in [0.25, 0.3) is 0 Å². The molecule has 1 rings (SSSR count). The van der Waals surface area contributed by atoms with Crippen molar-refractivity contribution < 1.29 is 0 Å². The minimum Gasteiger partial charge on any atom is -0.317 e. The largest absolute Gasteiger partial charge is 0.317 e. The number of nitrogens with zero attached hydrogens (tertiary/aromatic N) is 2. The molecule has 1 heterocycles. The zero-order valence-electron chi connectivity index (χ0n) is 13.5. The maximum absolute atomic E-state index is 4.77. The van der Waals surface area contributed by atoms with E-state index in [2.05, 4.69) is 56.9 Å². The van der Waals surface area contributed by atoms with Gasteiger partial charge in [0.05, 0.1) is 11.7 Å². The number of hydrogen-bond donors (Lipinski definition) is 1. The molecular weight excluding hydrogens is 234 g/mol. The summed E-state index contributed by atoms with van der Waals surface area (Å²) in [7, 11) is 2.03. The van der Waals surface area contributed by atoms with Gasteiger partial charge in [0.1, 0.15) is 0 Å². The maximum atomic E-state index is 4.77. The number of nitrogens with one attached hydrogen (secondary N) is 1. The van der Waals surface area contributed by atoms with Gasteiger partial charge in [-0.15, -0.1) is 0 Å². The van der Waals surface area contributed by atoms with Crippen molar-refractivity contribution in [3.05, 3.63) is 18.0 Å². The topological polar surface area (TPSA) is 29.9 Å². The van der Waals surface area contributed by atoms with Crippen LogP contribution in [0.2, 0.25) is 0 Å². The highest BCUT2D eigenvalue weighted by Gasteiger charge is 2.22. The second kappa shape index (κ2) is 7.09. The molecule has 0 spiro atoms. The molecule has 110 valence electrons. The SMILES string of the molecule is CCC(CC)n1ccc(CC(C)(C)CC(C)NC)n1. The summed E-state index contributed by atoms with van der Waals surface area (Å²) in [6.07, 6.45) is 6.66. The van der Waals surface area contributed by atoms with Gasteiger partial charge in [-0.3, -0.25) is 4.68 Å². The van der Waals surface area contributed by atoms with E-state index in [1.807, 2.05) is 7.05 Å². The fourth-order valence-electron chi connectivity index (χ4n) is 2.83. The molecule has 0 aromatic carbocycles. The summed E-state index contributed by atoms with van der Waals surface area (Å²) in [5.41, 5.74) is 1.51. The lowest BCUT2D eigenvalue weighted by Gasteiger charge is -2.27. The van der Waals surface area contributed by atoms with E-state index in [4.69, 9.17) is 5.10 Å². The fourth-order valence-corrected chi connectivity index (χ4v) is 2.83. The molecule has 0 aliphatic rings. The van der Waals surface area contributed by atoms with Crippen LogP contribution in [0.15, 0.2) is 12.3 Å². The van der Waals surface area contributed by atoms with Crippen LogP contribution in [-0.2, 0) is 6.42 Å². The van der Waals surface area contributed by atoms with E-state index < -0.39 is 0 Å². The third kappa shape index (κ3) is 4.98. The highest BCUT2D eigenvalue weighted by molar-refractivity contribution is 5.03. The van der Waals surface area contributed by atoms with Crippen LogP contribution in [0, 0.1) is 5.41 Å². The second-order valence-corrected chi connectivity index (χ2v) is 6.49. The molecule has 1 aromatic rings. The average Bonchev–Trinajstić information content (AvgIpc) is 2.77. The Morgan fingerprint density at radius 3 is 2.47 bits per heavy atom. The monoisotopic (exact) mass is 265 g/mol. The van der Waals surface area contributed by atoms with E-state index in [0.717, 1.165) is 19.3 Å². The lowest BCUT2D eigenvalue weighted by molar-refractivity contribution is 0.289. The molecule has 0 saturated carbocycles. The highest BCUT2D eigenvalue weighted by Crippen LogP contribution is 2.27. The van der Waals surface area contributed by atoms with Crippen molar-refractivity contribution in [1.82, 2.24) is 15.1 Å². The molecule has 19 heavy (non-hydrogen) atoms. The Kier molecular flexibility index (Phi) is 6.05. The van der Waals surface area contributed by atoms with Crippen LogP contribution >= 0.6 is 0 Å². The van der Waals surface area contributed by atoms with Gasteiger partial charge in [0.25, 0.3) is 0 Å². The Morgan fingerprint density at radius 1 is 1.32 bits per heavy atom. The average molecular weight is 265 g/mol. The van der Waals surface area contributed by atoms with Crippen LogP contribution in [0.5, 0.6) is 0 Å². The van der Waals surface area contributed by atoms with Crippen LogP contribution in [0.3, 0.4) is 0 Å². The van der Waals surface area contributed by atoms with Gasteiger partial charge in [0, 0.05) is 12.2 Å². The van der Waals surface area contributed by atoms with Gasteiger partial charge < -0.3 is 5.32 Å². The fraction of sp³-hybridized carbons (Fsp3) is 0.812. The van der Waals surface area contributed by atoms with Crippen LogP contribution in [0.4, 0.5) is 0 Å². The second-order valence-electron chi connectivity index (χ2n) is 6.49. The smallest absolute Gasteiger partial charge is 0.0630 e. The normalized spacial score (nSPS) is 14.1. The summed E-state index contributed by atoms with van der Waals surface area (Å²) >= 11 is 0. The van der Waals surface area contributed by atoms with E-state index in [-0.39, 0.29) is 5.41 Å². The third-order valence-electron chi connectivity index (χ3n) is 3.99. The predicted molar refractivity (Wildman–Crippen MR) is 82.5 cm³/mol. The third-order valence-corrected chi connectivity index (χ3v) is 3.99. The van der Waals surface area contributed by atoms with Crippen molar-refractivity contribution in [1.29, 1.82) is 0 Å². The molecule has 3 heteroatoms. The minimum absolute atomic E-state index is 0.287. The first-order valence-electron chi connectivity index (χ1n) is 7.63. The van der Waals surface area contributed by atoms with E-state index in [1.54, 1.807) is 0 Å². The summed E-state index contributed by atoms with van der Waals surface area (Å²) in [6.45, 7) is 11.4. The van der Waals surface area contributed by atoms with Crippen molar-refractivity contribution in [2.24, 2.45) is 5.41 Å². The first kappa shape index (κ1) is 16.2. The highest BCUT2D eigenvalue weighted by atomic mass is 15.3. The molecule has 3 nitrogen and oxygen atoms in total. The zero-order valence-corrected chi connectivity index (χ0v) is 13.5. The molecule has 0 radical (unpaired) electrons. The Hall–Kier alpha value is -0.830. The lowest BCUT2D eigenvalue weighted by atomic mass is 9.82. The van der Waals surface area contributed by atoms with Gasteiger partial charge in [-0.05, 0) is 51.1 Å². The summed E-state index contributed by atoms with van der Waals surface area (Å²) < 4.78 is 2.15. The first-order chi connectivity index (χ1) is 8.91. The van der Waals surface area contributed by atoms with E-state index in [9.17, 15) is 0 Å². The van der Waals surface area contributed by atoms with Crippen LogP contribution in [0.1, 0.15) is 65.6 Å². The molecular formula is C16H31N3. The minimum atomic E-state index is 0.287. The van der Waals surface area contributed by atoms with Gasteiger partial charge in [0.15, 0.2) is 0 Å². The summed E-state index contributed by atoms with van der Waals surface area (Å²) in [5.74, 6) is 0. The molecule has 1 unspecified atom stereocenters. The summed E-state index contributed by atoms with van der Waals surface area (Å²) in [6, 6.07) is 3.29. The van der Waals surface area contributed by atoms with Crippen molar-refractivity contribution in [3.63, 3.8) is 0 Å². The van der Waals surface area contributed by atoms with Gasteiger partial charge in [-0.25, -0.2) is 0 Å². The standard InChI is InChI=1S/C16H31N3/c1-7-15(8-2)19-10-9-14(18-19)12-16(4,5)11-13(3)17-6/h9-10,13,15,17H,7-8,11-12H2,1-6H3. The van der Waals surface area contributed by atoms with E-state index >= 15 is 0 Å². The van der Waals surface area contributed by atoms with Gasteiger partial charge >= 0.3 is 0 Å². The molecule has 1 aromatic heterocycles. The number of rotatable bonds is 8. The van der Waals surface area contributed by atoms with Crippen molar-refractivity contribution in [2.75, 3.05) is 7.05 Å². The van der Waals surface area contributed by atoms with Crippen LogP contribution in [-0.4, -0.2) is 22.9 Å². The maximum Gasteiger partial charge on any atom is 0.0630 e. The van der Waals surface area contributed by atoms with Crippen molar-refractivity contribution in [2.45, 2.75) is 72.4 Å². The van der Waals surface area contributed by atoms with Gasteiger partial charge in [-0.2, -0.15) is 5.10 Å². The number of hydrogen-bond acceptors (Lipinski definition) is 2. The number of aromatic nitrogens is 2. The Morgan fingerprint density at radius 2 is 1.95 bits per heavy atom. The van der Waals surface area contributed by atoms with Crippen molar-refractivity contribution >= 4 is 0 Å². The molecule has 1 N–H and O–H groups in total. The molecule has 0 bridgehead atoms. The molecule has 0 amide bonds. The molecule has 0 fully saturated rings. The first-order valence-corrected chi connectivity index (χ1v) is 7.63. The predicted octanol–water partition coefficient (Wildman–Crippen LogP) is 3.81. The molecule has 0 aliphatic carbocycles. The van der Waals surface area contributed by atoms with Crippen LogP contribution < -0.4 is 5.32 Å². The molecule has 0 aliphatic heterocycles. The Bertz CT molecular complexity index is 364. The van der Waals surface area contributed by atoms with E-state index in [1.165, 1.54) is 12.1 Å². The quantitative estimate of drug-likeness (QED) is 0.774. The van der Waals surface area contributed by atoms with Crippen molar-refractivity contribution in [3.8, 4) is 0 Å². The summed E-state index contributed by atoms with van der Waals surface area (Å²) in [5, 5.41) is 8.09. The van der Waals surface area contributed by atoms with Gasteiger partial charge in [-0.1, -0.05) is 27.7 Å². The molecule has 1 atom stereocenters. The Labute approximate surface area is 118 Å².